The molecule has 0 amide bonds. The summed E-state index contributed by atoms with van der Waals surface area (Å²) in [4.78, 5) is 16.0. The standard InChI is InChI=1S/C21H27N5O2/c1-12-6-15(7-12)28-20-23-13(2)8-19(25-20)26-11-21(4-5-21)16-10-22-18(9-17(16)26)24-14(3)27/h8-10,12,14-15,27H,4-7,11H2,1-3H3,(H,22,24). The Morgan fingerprint density at radius 3 is 2.75 bits per heavy atom. The third kappa shape index (κ3) is 3.07. The molecule has 148 valence electrons. The zero-order valence-corrected chi connectivity index (χ0v) is 16.6. The second-order valence-corrected chi connectivity index (χ2v) is 8.74. The lowest BCUT2D eigenvalue weighted by atomic mass is 9.84. The van der Waals surface area contributed by atoms with Crippen LogP contribution in [0.25, 0.3) is 0 Å². The molecular weight excluding hydrogens is 354 g/mol. The maximum atomic E-state index is 9.65. The van der Waals surface area contributed by atoms with Gasteiger partial charge in [0.2, 0.25) is 0 Å². The van der Waals surface area contributed by atoms with Crippen LogP contribution in [0.5, 0.6) is 6.01 Å². The molecule has 1 aliphatic heterocycles. The van der Waals surface area contributed by atoms with Gasteiger partial charge in [-0.05, 0) is 45.4 Å². The zero-order valence-electron chi connectivity index (χ0n) is 16.6. The number of aromatic nitrogens is 3. The lowest BCUT2D eigenvalue weighted by Gasteiger charge is -2.32. The predicted molar refractivity (Wildman–Crippen MR) is 107 cm³/mol. The van der Waals surface area contributed by atoms with E-state index >= 15 is 0 Å². The minimum atomic E-state index is -0.651. The van der Waals surface area contributed by atoms with E-state index in [1.165, 1.54) is 18.4 Å². The topological polar surface area (TPSA) is 83.4 Å². The van der Waals surface area contributed by atoms with E-state index in [-0.39, 0.29) is 11.5 Å². The summed E-state index contributed by atoms with van der Waals surface area (Å²) in [5.74, 6) is 2.26. The van der Waals surface area contributed by atoms with Crippen molar-refractivity contribution in [3.05, 3.63) is 29.6 Å². The van der Waals surface area contributed by atoms with E-state index in [1.807, 2.05) is 25.3 Å². The van der Waals surface area contributed by atoms with Gasteiger partial charge in [0.05, 0.1) is 5.69 Å². The minimum absolute atomic E-state index is 0.189. The van der Waals surface area contributed by atoms with Crippen molar-refractivity contribution in [3.8, 4) is 6.01 Å². The maximum absolute atomic E-state index is 9.65. The quantitative estimate of drug-likeness (QED) is 0.769. The SMILES string of the molecule is Cc1cc(N2CC3(CC3)c3cnc(NC(C)O)cc32)nc(OC2CC(C)C2)n1. The molecule has 7 heteroatoms. The molecule has 28 heavy (non-hydrogen) atoms. The number of pyridine rings is 1. The number of hydrogen-bond donors (Lipinski definition) is 2. The molecule has 1 unspecified atom stereocenters. The molecule has 0 saturated heterocycles. The normalized spacial score (nSPS) is 25.2. The zero-order chi connectivity index (χ0) is 19.5. The van der Waals surface area contributed by atoms with Crippen molar-refractivity contribution in [1.82, 2.24) is 15.0 Å². The van der Waals surface area contributed by atoms with E-state index in [2.05, 4.69) is 27.1 Å². The van der Waals surface area contributed by atoms with Crippen molar-refractivity contribution in [2.75, 3.05) is 16.8 Å². The van der Waals surface area contributed by atoms with Gasteiger partial charge in [-0.3, -0.25) is 0 Å². The molecule has 2 aromatic heterocycles. The van der Waals surface area contributed by atoms with Gasteiger partial charge in [-0.25, -0.2) is 9.97 Å². The van der Waals surface area contributed by atoms with Gasteiger partial charge < -0.3 is 20.1 Å². The van der Waals surface area contributed by atoms with E-state index < -0.39 is 6.23 Å². The molecule has 2 saturated carbocycles. The molecule has 5 rings (SSSR count). The predicted octanol–water partition coefficient (Wildman–Crippen LogP) is 3.29. The van der Waals surface area contributed by atoms with Crippen LogP contribution >= 0.6 is 0 Å². The van der Waals surface area contributed by atoms with E-state index in [0.29, 0.717) is 11.8 Å². The molecule has 0 radical (unpaired) electrons. The number of nitrogens with one attached hydrogen (secondary N) is 1. The number of nitrogens with zero attached hydrogens (tertiary/aromatic N) is 4. The van der Waals surface area contributed by atoms with Crippen LogP contribution in [-0.4, -0.2) is 38.9 Å². The van der Waals surface area contributed by atoms with E-state index in [0.717, 1.165) is 42.5 Å². The van der Waals surface area contributed by atoms with Crippen molar-refractivity contribution >= 4 is 17.3 Å². The first-order valence-electron chi connectivity index (χ1n) is 10.2. The Balaban J connectivity index is 1.48. The van der Waals surface area contributed by atoms with Crippen LogP contribution in [0.3, 0.4) is 0 Å². The largest absolute Gasteiger partial charge is 0.460 e. The Morgan fingerprint density at radius 2 is 2.07 bits per heavy atom. The fraction of sp³-hybridized carbons (Fsp3) is 0.571. The van der Waals surface area contributed by atoms with Crippen LogP contribution in [0.4, 0.5) is 17.3 Å². The Bertz CT molecular complexity index is 906. The van der Waals surface area contributed by atoms with Crippen LogP contribution < -0.4 is 15.0 Å². The second kappa shape index (κ2) is 6.30. The fourth-order valence-corrected chi connectivity index (χ4v) is 4.42. The first kappa shape index (κ1) is 17.7. The Labute approximate surface area is 165 Å². The molecule has 0 bridgehead atoms. The molecule has 2 aromatic rings. The molecule has 3 aliphatic rings. The highest BCUT2D eigenvalue weighted by atomic mass is 16.5. The number of anilines is 3. The lowest BCUT2D eigenvalue weighted by Crippen LogP contribution is -2.32. The molecule has 2 N–H and O–H groups in total. The molecular formula is C21H27N5O2. The van der Waals surface area contributed by atoms with Crippen LogP contribution in [0.15, 0.2) is 18.3 Å². The third-order valence-corrected chi connectivity index (χ3v) is 6.11. The summed E-state index contributed by atoms with van der Waals surface area (Å²) in [6.07, 6.45) is 6.03. The number of fused-ring (bicyclic) bond motifs is 2. The van der Waals surface area contributed by atoms with E-state index in [9.17, 15) is 5.11 Å². The van der Waals surface area contributed by atoms with Crippen molar-refractivity contribution in [1.29, 1.82) is 0 Å². The highest BCUT2D eigenvalue weighted by molar-refractivity contribution is 5.74. The highest BCUT2D eigenvalue weighted by Gasteiger charge is 2.52. The summed E-state index contributed by atoms with van der Waals surface area (Å²) in [5, 5.41) is 12.6. The molecule has 2 aliphatic carbocycles. The lowest BCUT2D eigenvalue weighted by molar-refractivity contribution is 0.0648. The van der Waals surface area contributed by atoms with Crippen molar-refractivity contribution in [2.45, 2.75) is 64.2 Å². The fourth-order valence-electron chi connectivity index (χ4n) is 4.42. The van der Waals surface area contributed by atoms with Gasteiger partial charge in [-0.15, -0.1) is 0 Å². The number of rotatable bonds is 5. The van der Waals surface area contributed by atoms with Gasteiger partial charge in [0.25, 0.3) is 0 Å². The summed E-state index contributed by atoms with van der Waals surface area (Å²) in [6, 6.07) is 4.51. The molecule has 1 atom stereocenters. The van der Waals surface area contributed by atoms with Gasteiger partial charge in [-0.2, -0.15) is 4.98 Å². The highest BCUT2D eigenvalue weighted by Crippen LogP contribution is 2.58. The third-order valence-electron chi connectivity index (χ3n) is 6.11. The van der Waals surface area contributed by atoms with Crippen molar-refractivity contribution in [3.63, 3.8) is 0 Å². The Morgan fingerprint density at radius 1 is 1.29 bits per heavy atom. The molecule has 7 nitrogen and oxygen atoms in total. The van der Waals surface area contributed by atoms with Crippen LogP contribution in [0.1, 0.15) is 50.8 Å². The van der Waals surface area contributed by atoms with Crippen LogP contribution in [0.2, 0.25) is 0 Å². The van der Waals surface area contributed by atoms with Gasteiger partial charge in [-0.1, -0.05) is 6.92 Å². The molecule has 3 heterocycles. The smallest absolute Gasteiger partial charge is 0.318 e. The summed E-state index contributed by atoms with van der Waals surface area (Å²) >= 11 is 0. The van der Waals surface area contributed by atoms with Crippen LogP contribution in [0, 0.1) is 12.8 Å². The summed E-state index contributed by atoms with van der Waals surface area (Å²) < 4.78 is 6.03. The molecule has 1 spiro atoms. The van der Waals surface area contributed by atoms with E-state index in [1.54, 1.807) is 6.92 Å². The van der Waals surface area contributed by atoms with Gasteiger partial charge in [0.1, 0.15) is 24.0 Å². The van der Waals surface area contributed by atoms with Crippen molar-refractivity contribution < 1.29 is 9.84 Å². The minimum Gasteiger partial charge on any atom is -0.460 e. The number of aliphatic hydroxyl groups is 1. The van der Waals surface area contributed by atoms with Crippen LogP contribution in [-0.2, 0) is 5.41 Å². The first-order valence-corrected chi connectivity index (χ1v) is 10.2. The summed E-state index contributed by atoms with van der Waals surface area (Å²) in [7, 11) is 0. The monoisotopic (exact) mass is 381 g/mol. The number of aliphatic hydroxyl groups excluding tert-OH is 1. The van der Waals surface area contributed by atoms with E-state index in [4.69, 9.17) is 9.72 Å². The molecule has 0 aromatic carbocycles. The second-order valence-electron chi connectivity index (χ2n) is 8.74. The Kier molecular flexibility index (Phi) is 3.98. The maximum Gasteiger partial charge on any atom is 0.318 e. The van der Waals surface area contributed by atoms with Crippen molar-refractivity contribution in [2.24, 2.45) is 5.92 Å². The average molecular weight is 381 g/mol. The van der Waals surface area contributed by atoms with Gasteiger partial charge >= 0.3 is 6.01 Å². The summed E-state index contributed by atoms with van der Waals surface area (Å²) in [6.45, 7) is 6.82. The number of ether oxygens (including phenoxy) is 1. The summed E-state index contributed by atoms with van der Waals surface area (Å²) in [5.41, 5.74) is 3.48. The van der Waals surface area contributed by atoms with Gasteiger partial charge in [0, 0.05) is 41.5 Å². The molecule has 2 fully saturated rings. The first-order chi connectivity index (χ1) is 13.4. The number of hydrogen-bond acceptors (Lipinski definition) is 7. The average Bonchev–Trinajstić information content (AvgIpc) is 3.30. The number of aryl methyl sites for hydroxylation is 1. The van der Waals surface area contributed by atoms with Gasteiger partial charge in [0.15, 0.2) is 0 Å². The Hall–Kier alpha value is -2.41.